The summed E-state index contributed by atoms with van der Waals surface area (Å²) in [5.74, 6) is 0.402. The third-order valence-corrected chi connectivity index (χ3v) is 12.1. The van der Waals surface area contributed by atoms with Crippen molar-refractivity contribution < 1.29 is 0 Å². The Balaban J connectivity index is 0.959. The highest BCUT2D eigenvalue weighted by molar-refractivity contribution is 6.00. The molecule has 0 bridgehead atoms. The van der Waals surface area contributed by atoms with E-state index in [-0.39, 0.29) is 11.0 Å². The zero-order valence-electron chi connectivity index (χ0n) is 29.5. The van der Waals surface area contributed by atoms with Crippen LogP contribution in [0, 0.1) is 19.8 Å². The van der Waals surface area contributed by atoms with Gasteiger partial charge in [0.15, 0.2) is 0 Å². The molecule has 51 heavy (non-hydrogen) atoms. The van der Waals surface area contributed by atoms with E-state index < -0.39 is 0 Å². The van der Waals surface area contributed by atoms with Gasteiger partial charge in [-0.25, -0.2) is 0 Å². The number of aryl methyl sites for hydroxylation is 2. The van der Waals surface area contributed by atoms with Gasteiger partial charge in [0.25, 0.3) is 0 Å². The van der Waals surface area contributed by atoms with Crippen LogP contribution in [0.25, 0.3) is 22.3 Å². The molecule has 5 aromatic carbocycles. The van der Waals surface area contributed by atoms with Crippen molar-refractivity contribution in [3.05, 3.63) is 197 Å². The summed E-state index contributed by atoms with van der Waals surface area (Å²) in [4.78, 5) is 2.79. The molecule has 1 heterocycles. The molecule has 0 saturated heterocycles. The highest BCUT2D eigenvalue weighted by Crippen LogP contribution is 2.89. The molecule has 3 unspecified atom stereocenters. The Hall–Kier alpha value is -5.60. The fourth-order valence-corrected chi connectivity index (χ4v) is 9.85. The Labute approximate surface area is 301 Å². The first-order valence-electron chi connectivity index (χ1n) is 18.5. The lowest BCUT2D eigenvalue weighted by molar-refractivity contribution is 0.523. The van der Waals surface area contributed by atoms with E-state index in [1.165, 1.54) is 61.5 Å². The first-order chi connectivity index (χ1) is 25.0. The minimum absolute atomic E-state index is 0.0438. The summed E-state index contributed by atoms with van der Waals surface area (Å²) < 4.78 is 0. The van der Waals surface area contributed by atoms with Gasteiger partial charge in [-0.15, -0.1) is 0 Å². The zero-order chi connectivity index (χ0) is 34.3. The van der Waals surface area contributed by atoms with Crippen LogP contribution in [0.2, 0.25) is 0 Å². The molecular weight excluding hydrogens is 617 g/mol. The van der Waals surface area contributed by atoms with Crippen molar-refractivity contribution in [2.45, 2.75) is 50.6 Å². The van der Waals surface area contributed by atoms with E-state index >= 15 is 0 Å². The van der Waals surface area contributed by atoms with Gasteiger partial charge in [-0.05, 0) is 114 Å². The maximum atomic E-state index is 3.82. The molecule has 0 radical (unpaired) electrons. The van der Waals surface area contributed by atoms with Gasteiger partial charge in [0.2, 0.25) is 0 Å². The van der Waals surface area contributed by atoms with Crippen molar-refractivity contribution in [1.82, 2.24) is 0 Å². The summed E-state index contributed by atoms with van der Waals surface area (Å²) in [5.41, 5.74) is 19.0. The number of anilines is 3. The van der Waals surface area contributed by atoms with Crippen LogP contribution in [0.15, 0.2) is 169 Å². The number of rotatable bonds is 7. The Morgan fingerprint density at radius 3 is 2.31 bits per heavy atom. The molecule has 4 aliphatic carbocycles. The van der Waals surface area contributed by atoms with Crippen LogP contribution in [0.1, 0.15) is 47.6 Å². The van der Waals surface area contributed by atoms with Crippen molar-refractivity contribution in [1.29, 1.82) is 0 Å². The molecule has 10 rings (SSSR count). The number of allylic oxidation sites excluding steroid dienone is 6. The van der Waals surface area contributed by atoms with Gasteiger partial charge in [0.05, 0.1) is 17.0 Å². The van der Waals surface area contributed by atoms with Crippen LogP contribution in [0.3, 0.4) is 0 Å². The highest BCUT2D eigenvalue weighted by atomic mass is 15.3. The van der Waals surface area contributed by atoms with E-state index in [1.54, 1.807) is 11.1 Å². The second kappa shape index (κ2) is 11.2. The average molecular weight is 659 g/mol. The van der Waals surface area contributed by atoms with Crippen LogP contribution in [-0.4, -0.2) is 11.6 Å². The SMILES string of the molecule is Cc1ccc(C2=CC=CC(C3=C4C5(C)N(C6C=C(c7ccccc7)C=CC6)c6cc(C)ccc6[C@@]345)C2)c(Nc2cccc(-c3ccccc3)c2)c1. The molecule has 2 nitrogen and oxygen atoms in total. The van der Waals surface area contributed by atoms with E-state index in [0.717, 1.165) is 18.5 Å². The van der Waals surface area contributed by atoms with E-state index in [4.69, 9.17) is 0 Å². The largest absolute Gasteiger partial charge is 0.355 e. The van der Waals surface area contributed by atoms with Gasteiger partial charge < -0.3 is 10.2 Å². The number of fused-ring (bicyclic) bond motifs is 2. The Morgan fingerprint density at radius 2 is 1.49 bits per heavy atom. The first-order valence-corrected chi connectivity index (χ1v) is 18.5. The minimum atomic E-state index is 0.0438. The van der Waals surface area contributed by atoms with Gasteiger partial charge >= 0.3 is 0 Å². The quantitative estimate of drug-likeness (QED) is 0.175. The lowest BCUT2D eigenvalue weighted by Gasteiger charge is -2.39. The molecular formula is C49H42N2. The third-order valence-electron chi connectivity index (χ3n) is 12.1. The highest BCUT2D eigenvalue weighted by Gasteiger charge is 2.90. The van der Waals surface area contributed by atoms with Crippen LogP contribution in [0.5, 0.6) is 0 Å². The molecule has 2 heteroatoms. The van der Waals surface area contributed by atoms with Crippen molar-refractivity contribution in [2.24, 2.45) is 5.92 Å². The van der Waals surface area contributed by atoms with Gasteiger partial charge in [0.1, 0.15) is 0 Å². The van der Waals surface area contributed by atoms with Gasteiger partial charge in [-0.3, -0.25) is 0 Å². The molecule has 5 aliphatic rings. The molecule has 4 atom stereocenters. The van der Waals surface area contributed by atoms with E-state index in [9.17, 15) is 0 Å². The topological polar surface area (TPSA) is 15.3 Å². The van der Waals surface area contributed by atoms with Crippen LogP contribution >= 0.6 is 0 Å². The first kappa shape index (κ1) is 30.2. The standard InChI is InChI=1S/C49H42N2/c1-32-23-25-42(44(27-32)50-40-21-11-17-36(30-40)34-13-6-4-7-14-34)38-19-10-20-39(29-38)46-47-48(3)49(46,47)43-26-24-33(2)28-45(43)51(48)41-22-12-18-37(31-41)35-15-8-5-9-16-35/h4-21,23-28,30-31,39,41,50H,22,29H2,1-3H3/t39?,41?,48?,49-/m1/s1. The summed E-state index contributed by atoms with van der Waals surface area (Å²) in [6, 6.07) is 44.7. The maximum Gasteiger partial charge on any atom is 0.0781 e. The molecule has 1 spiro atoms. The van der Waals surface area contributed by atoms with Crippen LogP contribution in [0.4, 0.5) is 17.1 Å². The Kier molecular flexibility index (Phi) is 6.64. The van der Waals surface area contributed by atoms with Crippen molar-refractivity contribution >= 4 is 28.2 Å². The number of benzene rings is 5. The molecule has 1 aliphatic heterocycles. The molecule has 1 fully saturated rings. The molecule has 248 valence electrons. The Bertz CT molecular complexity index is 2390. The number of nitrogens with one attached hydrogen (secondary N) is 1. The minimum Gasteiger partial charge on any atom is -0.355 e. The predicted molar refractivity (Wildman–Crippen MR) is 214 cm³/mol. The monoisotopic (exact) mass is 658 g/mol. The molecule has 0 amide bonds. The fourth-order valence-electron chi connectivity index (χ4n) is 9.85. The molecule has 1 N–H and O–H groups in total. The van der Waals surface area contributed by atoms with Crippen LogP contribution < -0.4 is 10.2 Å². The van der Waals surface area contributed by atoms with Gasteiger partial charge in [-0.1, -0.05) is 134 Å². The van der Waals surface area contributed by atoms with Gasteiger partial charge in [0, 0.05) is 28.5 Å². The predicted octanol–water partition coefficient (Wildman–Crippen LogP) is 11.9. The maximum absolute atomic E-state index is 3.82. The summed E-state index contributed by atoms with van der Waals surface area (Å²) >= 11 is 0. The molecule has 5 aromatic rings. The fraction of sp³-hybridized carbons (Fsp3) is 0.184. The van der Waals surface area contributed by atoms with Crippen LogP contribution in [-0.2, 0) is 5.41 Å². The third kappa shape index (κ3) is 4.49. The average Bonchev–Trinajstić information content (AvgIpc) is 4.01. The second-order valence-electron chi connectivity index (χ2n) is 15.2. The van der Waals surface area contributed by atoms with Gasteiger partial charge in [-0.2, -0.15) is 0 Å². The van der Waals surface area contributed by atoms with E-state index in [2.05, 4.69) is 189 Å². The Morgan fingerprint density at radius 1 is 0.745 bits per heavy atom. The summed E-state index contributed by atoms with van der Waals surface area (Å²) in [6.45, 7) is 6.94. The summed E-state index contributed by atoms with van der Waals surface area (Å²) in [5, 5.41) is 3.82. The number of hydrogen-bond acceptors (Lipinski definition) is 2. The molecule has 1 saturated carbocycles. The van der Waals surface area contributed by atoms with E-state index in [0.29, 0.717) is 12.0 Å². The lowest BCUT2D eigenvalue weighted by atomic mass is 9.79. The second-order valence-corrected chi connectivity index (χ2v) is 15.2. The van der Waals surface area contributed by atoms with E-state index in [1.807, 2.05) is 0 Å². The molecule has 0 aromatic heterocycles. The van der Waals surface area contributed by atoms with Crippen molar-refractivity contribution in [3.8, 4) is 11.1 Å². The van der Waals surface area contributed by atoms with Crippen molar-refractivity contribution in [3.63, 3.8) is 0 Å². The zero-order valence-corrected chi connectivity index (χ0v) is 29.5. The number of nitrogens with zero attached hydrogens (tertiary/aromatic N) is 1. The lowest BCUT2D eigenvalue weighted by Crippen LogP contribution is -2.46. The summed E-state index contributed by atoms with van der Waals surface area (Å²) in [7, 11) is 0. The van der Waals surface area contributed by atoms with Crippen molar-refractivity contribution in [2.75, 3.05) is 10.2 Å². The normalized spacial score (nSPS) is 25.1. The smallest absolute Gasteiger partial charge is 0.0781 e. The number of hydrogen-bond donors (Lipinski definition) is 1. The summed E-state index contributed by atoms with van der Waals surface area (Å²) in [6.07, 6.45) is 16.4.